The molecule has 106 valence electrons. The van der Waals surface area contributed by atoms with Gasteiger partial charge < -0.3 is 15.2 Å². The molecule has 0 spiro atoms. The summed E-state index contributed by atoms with van der Waals surface area (Å²) in [6.07, 6.45) is 6.21. The van der Waals surface area contributed by atoms with Crippen LogP contribution in [0.4, 0.5) is 0 Å². The van der Waals surface area contributed by atoms with Crippen LogP contribution in [-0.2, 0) is 0 Å². The number of rotatable bonds is 6. The molecule has 1 aromatic rings. The molecule has 0 aliphatic heterocycles. The average Bonchev–Trinajstić information content (AvgIpc) is 2.34. The maximum Gasteiger partial charge on any atom is 0.161 e. The van der Waals surface area contributed by atoms with Crippen LogP contribution in [0.15, 0.2) is 18.2 Å². The highest BCUT2D eigenvalue weighted by molar-refractivity contribution is 5.60. The molecule has 0 aliphatic carbocycles. The minimum Gasteiger partial charge on any atom is -0.493 e. The summed E-state index contributed by atoms with van der Waals surface area (Å²) in [6.45, 7) is 6.15. The average molecular weight is 263 g/mol. The Morgan fingerprint density at radius 1 is 1.16 bits per heavy atom. The third-order valence-electron chi connectivity index (χ3n) is 3.02. The fourth-order valence-electron chi connectivity index (χ4n) is 1.84. The quantitative estimate of drug-likeness (QED) is 0.853. The number of allylic oxidation sites excluding steroid dienone is 1. The van der Waals surface area contributed by atoms with Crippen molar-refractivity contribution in [3.63, 3.8) is 0 Å². The summed E-state index contributed by atoms with van der Waals surface area (Å²) in [6, 6.07) is 3.99. The van der Waals surface area contributed by atoms with Crippen LogP contribution in [-0.4, -0.2) is 19.8 Å². The van der Waals surface area contributed by atoms with Gasteiger partial charge in [-0.2, -0.15) is 0 Å². The summed E-state index contributed by atoms with van der Waals surface area (Å²) in [4.78, 5) is 0. The van der Waals surface area contributed by atoms with Crippen molar-refractivity contribution in [1.29, 1.82) is 0 Å². The van der Waals surface area contributed by atoms with E-state index in [-0.39, 0.29) is 5.54 Å². The second kappa shape index (κ2) is 6.62. The fraction of sp³-hybridized carbons (Fsp3) is 0.500. The van der Waals surface area contributed by atoms with Gasteiger partial charge in [0.25, 0.3) is 0 Å². The predicted octanol–water partition coefficient (Wildman–Crippen LogP) is 3.54. The van der Waals surface area contributed by atoms with E-state index in [0.29, 0.717) is 0 Å². The zero-order valence-corrected chi connectivity index (χ0v) is 12.6. The molecule has 0 atom stereocenters. The summed E-state index contributed by atoms with van der Waals surface area (Å²) in [5, 5.41) is 0. The highest BCUT2D eigenvalue weighted by atomic mass is 16.5. The number of aryl methyl sites for hydroxylation is 1. The topological polar surface area (TPSA) is 44.5 Å². The van der Waals surface area contributed by atoms with E-state index in [2.05, 4.69) is 19.1 Å². The van der Waals surface area contributed by atoms with Crippen molar-refractivity contribution in [1.82, 2.24) is 0 Å². The fourth-order valence-corrected chi connectivity index (χ4v) is 1.84. The molecule has 0 heterocycles. The van der Waals surface area contributed by atoms with Crippen LogP contribution < -0.4 is 15.2 Å². The van der Waals surface area contributed by atoms with Crippen molar-refractivity contribution >= 4 is 6.08 Å². The SMILES string of the molecule is COc1cc(C)c(/C=C/CCC(C)(C)N)cc1OC. The molecule has 0 aromatic heterocycles. The lowest BCUT2D eigenvalue weighted by Gasteiger charge is -2.16. The van der Waals surface area contributed by atoms with Gasteiger partial charge in [0.05, 0.1) is 14.2 Å². The van der Waals surface area contributed by atoms with E-state index < -0.39 is 0 Å². The summed E-state index contributed by atoms with van der Waals surface area (Å²) in [5.74, 6) is 1.52. The summed E-state index contributed by atoms with van der Waals surface area (Å²) in [5.41, 5.74) is 8.16. The van der Waals surface area contributed by atoms with Gasteiger partial charge in [-0.15, -0.1) is 0 Å². The Hall–Kier alpha value is -1.48. The second-order valence-electron chi connectivity index (χ2n) is 5.49. The summed E-state index contributed by atoms with van der Waals surface area (Å²) >= 11 is 0. The van der Waals surface area contributed by atoms with Crippen molar-refractivity contribution in [2.24, 2.45) is 5.73 Å². The van der Waals surface area contributed by atoms with Gasteiger partial charge in [-0.1, -0.05) is 12.2 Å². The van der Waals surface area contributed by atoms with Crippen LogP contribution in [0, 0.1) is 6.92 Å². The summed E-state index contributed by atoms with van der Waals surface area (Å²) in [7, 11) is 3.30. The number of methoxy groups -OCH3 is 2. The van der Waals surface area contributed by atoms with Crippen LogP contribution in [0.3, 0.4) is 0 Å². The molecule has 0 saturated heterocycles. The molecule has 2 N–H and O–H groups in total. The number of nitrogens with two attached hydrogens (primary N) is 1. The first-order valence-corrected chi connectivity index (χ1v) is 6.55. The lowest BCUT2D eigenvalue weighted by molar-refractivity contribution is 0.354. The molecule has 0 saturated carbocycles. The minimum absolute atomic E-state index is 0.114. The van der Waals surface area contributed by atoms with E-state index in [1.54, 1.807) is 14.2 Å². The van der Waals surface area contributed by atoms with Gasteiger partial charge in [-0.05, 0) is 56.9 Å². The summed E-state index contributed by atoms with van der Waals surface area (Å²) < 4.78 is 10.6. The molecule has 3 heteroatoms. The smallest absolute Gasteiger partial charge is 0.161 e. The lowest BCUT2D eigenvalue weighted by Crippen LogP contribution is -2.31. The molecule has 0 aliphatic rings. The van der Waals surface area contributed by atoms with Crippen molar-refractivity contribution in [3.8, 4) is 11.5 Å². The van der Waals surface area contributed by atoms with Crippen LogP contribution in [0.5, 0.6) is 11.5 Å². The third-order valence-corrected chi connectivity index (χ3v) is 3.02. The predicted molar refractivity (Wildman–Crippen MR) is 80.8 cm³/mol. The van der Waals surface area contributed by atoms with E-state index in [1.807, 2.05) is 26.0 Å². The third kappa shape index (κ3) is 4.95. The highest BCUT2D eigenvalue weighted by Gasteiger charge is 2.09. The van der Waals surface area contributed by atoms with Crippen molar-refractivity contribution in [3.05, 3.63) is 29.3 Å². The van der Waals surface area contributed by atoms with Gasteiger partial charge in [0, 0.05) is 5.54 Å². The molecule has 1 aromatic carbocycles. The van der Waals surface area contributed by atoms with E-state index in [4.69, 9.17) is 15.2 Å². The first kappa shape index (κ1) is 15.6. The number of hydrogen-bond donors (Lipinski definition) is 1. The molecular weight excluding hydrogens is 238 g/mol. The van der Waals surface area contributed by atoms with Crippen LogP contribution in [0.2, 0.25) is 0 Å². The molecule has 0 bridgehead atoms. The van der Waals surface area contributed by atoms with Gasteiger partial charge in [0.15, 0.2) is 11.5 Å². The van der Waals surface area contributed by atoms with Crippen LogP contribution >= 0.6 is 0 Å². The molecule has 3 nitrogen and oxygen atoms in total. The maximum absolute atomic E-state index is 5.96. The van der Waals surface area contributed by atoms with Crippen LogP contribution in [0.1, 0.15) is 37.8 Å². The molecule has 0 unspecified atom stereocenters. The lowest BCUT2D eigenvalue weighted by atomic mass is 9.99. The zero-order chi connectivity index (χ0) is 14.5. The normalized spacial score (nSPS) is 11.9. The molecule has 0 radical (unpaired) electrons. The first-order valence-electron chi connectivity index (χ1n) is 6.55. The number of hydrogen-bond acceptors (Lipinski definition) is 3. The van der Waals surface area contributed by atoms with Gasteiger partial charge in [0.1, 0.15) is 0 Å². The van der Waals surface area contributed by atoms with E-state index in [0.717, 1.165) is 29.9 Å². The monoisotopic (exact) mass is 263 g/mol. The Morgan fingerprint density at radius 3 is 2.26 bits per heavy atom. The van der Waals surface area contributed by atoms with E-state index >= 15 is 0 Å². The number of benzene rings is 1. The van der Waals surface area contributed by atoms with Gasteiger partial charge in [-0.25, -0.2) is 0 Å². The maximum atomic E-state index is 5.96. The Balaban J connectivity index is 2.81. The molecule has 0 amide bonds. The molecular formula is C16H25NO2. The Kier molecular flexibility index (Phi) is 5.43. The van der Waals surface area contributed by atoms with E-state index in [1.165, 1.54) is 5.56 Å². The Morgan fingerprint density at radius 2 is 1.74 bits per heavy atom. The van der Waals surface area contributed by atoms with Gasteiger partial charge in [0.2, 0.25) is 0 Å². The van der Waals surface area contributed by atoms with Gasteiger partial charge >= 0.3 is 0 Å². The highest BCUT2D eigenvalue weighted by Crippen LogP contribution is 2.30. The standard InChI is InChI=1S/C16H25NO2/c1-12-10-14(18-4)15(19-5)11-13(12)8-6-7-9-16(2,3)17/h6,8,10-11H,7,9,17H2,1-5H3/b8-6+. The molecule has 1 rings (SSSR count). The number of ether oxygens (including phenoxy) is 2. The Labute approximate surface area is 116 Å². The largest absolute Gasteiger partial charge is 0.493 e. The van der Waals surface area contributed by atoms with Crippen molar-refractivity contribution < 1.29 is 9.47 Å². The molecule has 19 heavy (non-hydrogen) atoms. The zero-order valence-electron chi connectivity index (χ0n) is 12.6. The second-order valence-corrected chi connectivity index (χ2v) is 5.49. The minimum atomic E-state index is -0.114. The van der Waals surface area contributed by atoms with Crippen molar-refractivity contribution in [2.45, 2.75) is 39.2 Å². The van der Waals surface area contributed by atoms with Crippen molar-refractivity contribution in [2.75, 3.05) is 14.2 Å². The van der Waals surface area contributed by atoms with E-state index in [9.17, 15) is 0 Å². The first-order chi connectivity index (χ1) is 8.87. The molecule has 0 fully saturated rings. The van der Waals surface area contributed by atoms with Gasteiger partial charge in [-0.3, -0.25) is 0 Å². The Bertz CT molecular complexity index is 445. The van der Waals surface area contributed by atoms with Crippen LogP contribution in [0.25, 0.3) is 6.08 Å².